The molecule has 80 valence electrons. The normalized spacial score (nSPS) is 26.4. The molecule has 2 fully saturated rings. The maximum atomic E-state index is 10.6. The smallest absolute Gasteiger partial charge is 0.209 e. The van der Waals surface area contributed by atoms with Gasteiger partial charge in [-0.3, -0.25) is 9.69 Å². The highest BCUT2D eigenvalue weighted by molar-refractivity contribution is 5.47. The van der Waals surface area contributed by atoms with Gasteiger partial charge in [0, 0.05) is 32.2 Å². The highest BCUT2D eigenvalue weighted by Gasteiger charge is 2.24. The van der Waals surface area contributed by atoms with Gasteiger partial charge in [0.05, 0.1) is 0 Å². The molecule has 0 aromatic heterocycles. The van der Waals surface area contributed by atoms with E-state index in [9.17, 15) is 4.79 Å². The molecule has 2 rings (SSSR count). The van der Waals surface area contributed by atoms with Crippen LogP contribution in [-0.2, 0) is 4.79 Å². The Morgan fingerprint density at radius 3 is 2.14 bits per heavy atom. The van der Waals surface area contributed by atoms with Crippen molar-refractivity contribution >= 4 is 6.41 Å². The summed E-state index contributed by atoms with van der Waals surface area (Å²) in [5, 5.41) is 0. The van der Waals surface area contributed by atoms with Gasteiger partial charge < -0.3 is 4.90 Å². The minimum atomic E-state index is 0.817. The fraction of sp³-hybridized carbons (Fsp3) is 0.909. The van der Waals surface area contributed by atoms with E-state index in [4.69, 9.17) is 0 Å². The number of rotatable bonds is 2. The maximum absolute atomic E-state index is 10.6. The van der Waals surface area contributed by atoms with Crippen molar-refractivity contribution < 1.29 is 4.79 Å². The molecule has 1 aliphatic heterocycles. The van der Waals surface area contributed by atoms with Crippen LogP contribution in [0.4, 0.5) is 0 Å². The number of piperazine rings is 1. The Labute approximate surface area is 86.1 Å². The first kappa shape index (κ1) is 9.97. The summed E-state index contributed by atoms with van der Waals surface area (Å²) >= 11 is 0. The first-order valence-electron chi connectivity index (χ1n) is 5.83. The Morgan fingerprint density at radius 1 is 0.929 bits per heavy atom. The predicted octanol–water partition coefficient (Wildman–Crippen LogP) is 1.09. The van der Waals surface area contributed by atoms with E-state index >= 15 is 0 Å². The second-order valence-corrected chi connectivity index (χ2v) is 4.47. The molecule has 0 unspecified atom stereocenters. The van der Waals surface area contributed by atoms with Crippen LogP contribution < -0.4 is 0 Å². The van der Waals surface area contributed by atoms with Gasteiger partial charge in [0.15, 0.2) is 0 Å². The summed E-state index contributed by atoms with van der Waals surface area (Å²) in [5.74, 6) is 0. The van der Waals surface area contributed by atoms with Crippen LogP contribution in [0.15, 0.2) is 0 Å². The van der Waals surface area contributed by atoms with Crippen LogP contribution in [0.5, 0.6) is 0 Å². The van der Waals surface area contributed by atoms with Crippen molar-refractivity contribution in [1.29, 1.82) is 0 Å². The number of hydrogen-bond acceptors (Lipinski definition) is 2. The molecule has 0 spiro atoms. The Hall–Kier alpha value is -0.570. The van der Waals surface area contributed by atoms with Gasteiger partial charge in [-0.15, -0.1) is 0 Å². The standard InChI is InChI=1S/C11H20N2O/c14-10-12-6-8-13(9-7-12)11-4-2-1-3-5-11/h10-11H,1-9H2. The highest BCUT2D eigenvalue weighted by Crippen LogP contribution is 2.23. The molecule has 0 aromatic rings. The predicted molar refractivity (Wildman–Crippen MR) is 56.1 cm³/mol. The van der Waals surface area contributed by atoms with Crippen LogP contribution in [0.3, 0.4) is 0 Å². The van der Waals surface area contributed by atoms with Gasteiger partial charge in [-0.2, -0.15) is 0 Å². The SMILES string of the molecule is O=CN1CCN(C2CCCCC2)CC1. The summed E-state index contributed by atoms with van der Waals surface area (Å²) in [6.07, 6.45) is 7.96. The topological polar surface area (TPSA) is 23.6 Å². The van der Waals surface area contributed by atoms with Gasteiger partial charge >= 0.3 is 0 Å². The maximum Gasteiger partial charge on any atom is 0.209 e. The molecular formula is C11H20N2O. The van der Waals surface area contributed by atoms with Crippen LogP contribution >= 0.6 is 0 Å². The monoisotopic (exact) mass is 196 g/mol. The highest BCUT2D eigenvalue weighted by atomic mass is 16.1. The second kappa shape index (κ2) is 4.78. The molecule has 0 aromatic carbocycles. The van der Waals surface area contributed by atoms with Gasteiger partial charge in [0.1, 0.15) is 0 Å². The molecule has 0 N–H and O–H groups in total. The molecule has 14 heavy (non-hydrogen) atoms. The van der Waals surface area contributed by atoms with Crippen LogP contribution in [0, 0.1) is 0 Å². The van der Waals surface area contributed by atoms with Crippen molar-refractivity contribution in [2.75, 3.05) is 26.2 Å². The zero-order valence-electron chi connectivity index (χ0n) is 8.82. The van der Waals surface area contributed by atoms with Crippen molar-refractivity contribution in [1.82, 2.24) is 9.80 Å². The summed E-state index contributed by atoms with van der Waals surface area (Å²) in [6.45, 7) is 4.03. The van der Waals surface area contributed by atoms with Crippen molar-refractivity contribution in [2.24, 2.45) is 0 Å². The van der Waals surface area contributed by atoms with Gasteiger partial charge in [0.2, 0.25) is 6.41 Å². The molecule has 0 bridgehead atoms. The molecule has 1 aliphatic carbocycles. The lowest BCUT2D eigenvalue weighted by Crippen LogP contribution is -2.50. The minimum absolute atomic E-state index is 0.817. The lowest BCUT2D eigenvalue weighted by molar-refractivity contribution is -0.120. The fourth-order valence-corrected chi connectivity index (χ4v) is 2.65. The van der Waals surface area contributed by atoms with E-state index in [2.05, 4.69) is 4.90 Å². The van der Waals surface area contributed by atoms with Crippen molar-refractivity contribution in [3.05, 3.63) is 0 Å². The lowest BCUT2D eigenvalue weighted by Gasteiger charge is -2.39. The van der Waals surface area contributed by atoms with E-state index < -0.39 is 0 Å². The zero-order valence-corrected chi connectivity index (χ0v) is 8.82. The van der Waals surface area contributed by atoms with E-state index in [0.29, 0.717) is 0 Å². The van der Waals surface area contributed by atoms with Gasteiger partial charge in [0.25, 0.3) is 0 Å². The molecule has 1 heterocycles. The molecule has 3 heteroatoms. The van der Waals surface area contributed by atoms with E-state index in [1.807, 2.05) is 4.90 Å². The van der Waals surface area contributed by atoms with Gasteiger partial charge in [-0.25, -0.2) is 0 Å². The van der Waals surface area contributed by atoms with Crippen LogP contribution in [0.25, 0.3) is 0 Å². The van der Waals surface area contributed by atoms with Crippen molar-refractivity contribution in [2.45, 2.75) is 38.1 Å². The third-order valence-electron chi connectivity index (χ3n) is 3.59. The number of nitrogens with zero attached hydrogens (tertiary/aromatic N) is 2. The zero-order chi connectivity index (χ0) is 9.80. The number of carbonyl (C=O) groups excluding carboxylic acids is 1. The summed E-state index contributed by atoms with van der Waals surface area (Å²) in [4.78, 5) is 15.0. The van der Waals surface area contributed by atoms with E-state index in [0.717, 1.165) is 38.6 Å². The average molecular weight is 196 g/mol. The first-order chi connectivity index (χ1) is 6.90. The van der Waals surface area contributed by atoms with Gasteiger partial charge in [-0.05, 0) is 12.8 Å². The molecule has 1 amide bonds. The molecule has 2 aliphatic rings. The summed E-state index contributed by atoms with van der Waals surface area (Å²) in [5.41, 5.74) is 0. The number of amides is 1. The lowest BCUT2D eigenvalue weighted by atomic mass is 9.94. The summed E-state index contributed by atoms with van der Waals surface area (Å²) in [6, 6.07) is 0.817. The third kappa shape index (κ3) is 2.27. The van der Waals surface area contributed by atoms with Crippen molar-refractivity contribution in [3.8, 4) is 0 Å². The Kier molecular flexibility index (Phi) is 3.40. The molecule has 1 saturated heterocycles. The minimum Gasteiger partial charge on any atom is -0.343 e. The molecule has 1 saturated carbocycles. The fourth-order valence-electron chi connectivity index (χ4n) is 2.65. The Morgan fingerprint density at radius 2 is 1.57 bits per heavy atom. The summed E-state index contributed by atoms with van der Waals surface area (Å²) < 4.78 is 0. The van der Waals surface area contributed by atoms with Crippen LogP contribution in [0.2, 0.25) is 0 Å². The van der Waals surface area contributed by atoms with E-state index in [1.54, 1.807) is 0 Å². The number of hydrogen-bond donors (Lipinski definition) is 0. The van der Waals surface area contributed by atoms with E-state index in [1.165, 1.54) is 32.1 Å². The largest absolute Gasteiger partial charge is 0.343 e. The van der Waals surface area contributed by atoms with Crippen molar-refractivity contribution in [3.63, 3.8) is 0 Å². The summed E-state index contributed by atoms with van der Waals surface area (Å²) in [7, 11) is 0. The molecular weight excluding hydrogens is 176 g/mol. The quantitative estimate of drug-likeness (QED) is 0.617. The van der Waals surface area contributed by atoms with Gasteiger partial charge in [-0.1, -0.05) is 19.3 Å². The first-order valence-corrected chi connectivity index (χ1v) is 5.83. The average Bonchev–Trinajstić information content (AvgIpc) is 2.30. The molecule has 3 nitrogen and oxygen atoms in total. The van der Waals surface area contributed by atoms with E-state index in [-0.39, 0.29) is 0 Å². The molecule has 0 radical (unpaired) electrons. The van der Waals surface area contributed by atoms with Crippen LogP contribution in [-0.4, -0.2) is 48.4 Å². The number of carbonyl (C=O) groups is 1. The Balaban J connectivity index is 1.78. The third-order valence-corrected chi connectivity index (χ3v) is 3.59. The Bertz CT molecular complexity index is 182. The van der Waals surface area contributed by atoms with Crippen LogP contribution in [0.1, 0.15) is 32.1 Å². The molecule has 0 atom stereocenters. The second-order valence-electron chi connectivity index (χ2n) is 4.47.